The molecule has 1 amide bonds. The summed E-state index contributed by atoms with van der Waals surface area (Å²) in [5, 5.41) is 3.55. The van der Waals surface area contributed by atoms with Gasteiger partial charge in [-0.1, -0.05) is 47.5 Å². The highest BCUT2D eigenvalue weighted by molar-refractivity contribution is 7.89. The quantitative estimate of drug-likeness (QED) is 0.372. The molecule has 1 N–H and O–H groups in total. The molecule has 0 radical (unpaired) electrons. The molecule has 35 heavy (non-hydrogen) atoms. The maximum atomic E-state index is 13.3. The number of hydrogen-bond donors (Lipinski definition) is 1. The number of rotatable bonds is 10. The highest BCUT2D eigenvalue weighted by Gasteiger charge is 2.27. The minimum absolute atomic E-state index is 0.0139. The Bertz CT molecular complexity index is 1280. The molecule has 3 aromatic carbocycles. The Labute approximate surface area is 214 Å². The lowest BCUT2D eigenvalue weighted by molar-refractivity contribution is -0.142. The SMILES string of the molecule is CCOC(=O)Cc1ccc(NC(=O)CN(Cc2cccc(Cl)c2)S(=O)(=O)c2ccc(Cl)cc2)cc1. The number of carbonyl (C=O) groups excluding carboxylic acids is 2. The van der Waals surface area contributed by atoms with Gasteiger partial charge in [0, 0.05) is 22.3 Å². The number of nitrogens with zero attached hydrogens (tertiary/aromatic N) is 1. The first-order chi connectivity index (χ1) is 16.7. The Hall–Kier alpha value is -2.91. The van der Waals surface area contributed by atoms with Crippen LogP contribution in [-0.4, -0.2) is 37.8 Å². The number of ether oxygens (including phenoxy) is 1. The molecule has 0 spiro atoms. The summed E-state index contributed by atoms with van der Waals surface area (Å²) in [6, 6.07) is 19.2. The number of anilines is 1. The Morgan fingerprint density at radius 3 is 2.23 bits per heavy atom. The Balaban J connectivity index is 1.77. The summed E-state index contributed by atoms with van der Waals surface area (Å²) < 4.78 is 32.7. The van der Waals surface area contributed by atoms with Gasteiger partial charge >= 0.3 is 5.97 Å². The zero-order valence-corrected chi connectivity index (χ0v) is 21.2. The van der Waals surface area contributed by atoms with Gasteiger partial charge in [0.15, 0.2) is 0 Å². The van der Waals surface area contributed by atoms with Crippen LogP contribution in [0.25, 0.3) is 0 Å². The van der Waals surface area contributed by atoms with Gasteiger partial charge in [-0.2, -0.15) is 4.31 Å². The van der Waals surface area contributed by atoms with Crippen LogP contribution in [0.15, 0.2) is 77.7 Å². The summed E-state index contributed by atoms with van der Waals surface area (Å²) in [5.41, 5.74) is 1.83. The first-order valence-corrected chi connectivity index (χ1v) is 12.9. The molecule has 0 bridgehead atoms. The predicted octanol–water partition coefficient (Wildman–Crippen LogP) is 4.93. The van der Waals surface area contributed by atoms with Crippen molar-refractivity contribution in [1.29, 1.82) is 0 Å². The second-order valence-electron chi connectivity index (χ2n) is 7.58. The van der Waals surface area contributed by atoms with E-state index < -0.39 is 22.5 Å². The molecule has 10 heteroatoms. The average molecular weight is 535 g/mol. The zero-order valence-electron chi connectivity index (χ0n) is 18.9. The van der Waals surface area contributed by atoms with Gasteiger partial charge in [0.25, 0.3) is 0 Å². The molecule has 0 saturated heterocycles. The molecule has 3 rings (SSSR count). The van der Waals surface area contributed by atoms with Crippen LogP contribution < -0.4 is 5.32 Å². The second kappa shape index (κ2) is 12.2. The topological polar surface area (TPSA) is 92.8 Å². The van der Waals surface area contributed by atoms with E-state index in [0.717, 1.165) is 9.87 Å². The van der Waals surface area contributed by atoms with Crippen molar-refractivity contribution in [2.75, 3.05) is 18.5 Å². The predicted molar refractivity (Wildman–Crippen MR) is 136 cm³/mol. The van der Waals surface area contributed by atoms with Crippen LogP contribution in [-0.2, 0) is 37.3 Å². The zero-order chi connectivity index (χ0) is 25.4. The molecule has 184 valence electrons. The molecule has 0 unspecified atom stereocenters. The lowest BCUT2D eigenvalue weighted by atomic mass is 10.1. The smallest absolute Gasteiger partial charge is 0.310 e. The van der Waals surface area contributed by atoms with E-state index in [-0.39, 0.29) is 23.8 Å². The summed E-state index contributed by atoms with van der Waals surface area (Å²) in [5.74, 6) is -0.865. The van der Waals surface area contributed by atoms with E-state index >= 15 is 0 Å². The highest BCUT2D eigenvalue weighted by Crippen LogP contribution is 2.22. The maximum Gasteiger partial charge on any atom is 0.310 e. The molecule has 3 aromatic rings. The van der Waals surface area contributed by atoms with Crippen molar-refractivity contribution in [3.05, 3.63) is 94.0 Å². The third kappa shape index (κ3) is 7.80. The van der Waals surface area contributed by atoms with Crippen molar-refractivity contribution in [1.82, 2.24) is 4.31 Å². The van der Waals surface area contributed by atoms with Crippen LogP contribution in [0.1, 0.15) is 18.1 Å². The lowest BCUT2D eigenvalue weighted by Crippen LogP contribution is -2.37. The summed E-state index contributed by atoms with van der Waals surface area (Å²) in [6.07, 6.45) is 0.120. The fourth-order valence-corrected chi connectivity index (χ4v) is 4.99. The fraction of sp³-hybridized carbons (Fsp3) is 0.200. The third-order valence-electron chi connectivity index (χ3n) is 4.91. The number of esters is 1. The second-order valence-corrected chi connectivity index (χ2v) is 10.4. The molecule has 0 atom stereocenters. The van der Waals surface area contributed by atoms with E-state index in [4.69, 9.17) is 27.9 Å². The van der Waals surface area contributed by atoms with Crippen LogP contribution in [0.2, 0.25) is 10.0 Å². The van der Waals surface area contributed by atoms with Crippen LogP contribution in [0, 0.1) is 0 Å². The van der Waals surface area contributed by atoms with Crippen LogP contribution in [0.5, 0.6) is 0 Å². The summed E-state index contributed by atoms with van der Waals surface area (Å²) in [6.45, 7) is 1.55. The van der Waals surface area contributed by atoms with Gasteiger partial charge in [0.1, 0.15) is 0 Å². The van der Waals surface area contributed by atoms with E-state index in [1.807, 2.05) is 0 Å². The standard InChI is InChI=1S/C25H24Cl2N2O5S/c1-2-34-25(31)15-18-6-10-22(11-7-18)28-24(30)17-29(16-19-4-3-5-21(27)14-19)35(32,33)23-12-8-20(26)9-13-23/h3-14H,2,15-17H2,1H3,(H,28,30). The molecule has 0 aliphatic heterocycles. The van der Waals surface area contributed by atoms with Crippen molar-refractivity contribution in [2.24, 2.45) is 0 Å². The highest BCUT2D eigenvalue weighted by atomic mass is 35.5. The van der Waals surface area contributed by atoms with E-state index in [0.29, 0.717) is 27.9 Å². The first-order valence-electron chi connectivity index (χ1n) is 10.7. The number of halogens is 2. The molecule has 0 fully saturated rings. The van der Waals surface area contributed by atoms with Crippen LogP contribution in [0.3, 0.4) is 0 Å². The normalized spacial score (nSPS) is 11.3. The van der Waals surface area contributed by atoms with Gasteiger partial charge in [-0.15, -0.1) is 0 Å². The minimum atomic E-state index is -4.02. The number of sulfonamides is 1. The van der Waals surface area contributed by atoms with Gasteiger partial charge in [0.05, 0.1) is 24.5 Å². The minimum Gasteiger partial charge on any atom is -0.466 e. The maximum absolute atomic E-state index is 13.3. The Morgan fingerprint density at radius 1 is 0.914 bits per heavy atom. The van der Waals surface area contributed by atoms with Gasteiger partial charge in [0.2, 0.25) is 15.9 Å². The molecule has 0 saturated carbocycles. The van der Waals surface area contributed by atoms with Crippen molar-refractivity contribution < 1.29 is 22.7 Å². The van der Waals surface area contributed by atoms with Gasteiger partial charge in [-0.3, -0.25) is 9.59 Å². The number of carbonyl (C=O) groups is 2. The molecule has 0 heterocycles. The Kier molecular flexibility index (Phi) is 9.28. The van der Waals surface area contributed by atoms with Crippen LogP contribution in [0.4, 0.5) is 5.69 Å². The van der Waals surface area contributed by atoms with Crippen molar-refractivity contribution in [2.45, 2.75) is 24.8 Å². The van der Waals surface area contributed by atoms with Crippen molar-refractivity contribution >= 4 is 50.8 Å². The molecule has 0 aliphatic carbocycles. The summed E-state index contributed by atoms with van der Waals surface area (Å²) >= 11 is 12.0. The van der Waals surface area contributed by atoms with Gasteiger partial charge in [-0.05, 0) is 66.6 Å². The van der Waals surface area contributed by atoms with E-state index in [2.05, 4.69) is 5.32 Å². The van der Waals surface area contributed by atoms with Gasteiger partial charge in [-0.25, -0.2) is 8.42 Å². The van der Waals surface area contributed by atoms with E-state index in [1.54, 1.807) is 55.5 Å². The largest absolute Gasteiger partial charge is 0.466 e. The van der Waals surface area contributed by atoms with Gasteiger partial charge < -0.3 is 10.1 Å². The molecule has 7 nitrogen and oxygen atoms in total. The lowest BCUT2D eigenvalue weighted by Gasteiger charge is -2.22. The number of benzene rings is 3. The van der Waals surface area contributed by atoms with Crippen molar-refractivity contribution in [3.8, 4) is 0 Å². The molecular weight excluding hydrogens is 511 g/mol. The van der Waals surface area contributed by atoms with Crippen LogP contribution >= 0.6 is 23.2 Å². The van der Waals surface area contributed by atoms with E-state index in [9.17, 15) is 18.0 Å². The van der Waals surface area contributed by atoms with Crippen molar-refractivity contribution in [3.63, 3.8) is 0 Å². The molecular formula is C25H24Cl2N2O5S. The van der Waals surface area contributed by atoms with E-state index in [1.165, 1.54) is 24.3 Å². The average Bonchev–Trinajstić information content (AvgIpc) is 2.80. The first kappa shape index (κ1) is 26.7. The Morgan fingerprint density at radius 2 is 1.60 bits per heavy atom. The monoisotopic (exact) mass is 534 g/mol. The fourth-order valence-electron chi connectivity index (χ4n) is 3.27. The molecule has 0 aromatic heterocycles. The summed E-state index contributed by atoms with van der Waals surface area (Å²) in [4.78, 5) is 24.5. The number of hydrogen-bond acceptors (Lipinski definition) is 5. The summed E-state index contributed by atoms with van der Waals surface area (Å²) in [7, 11) is -4.02. The third-order valence-corrected chi connectivity index (χ3v) is 7.20. The number of amides is 1. The number of nitrogens with one attached hydrogen (secondary N) is 1. The molecule has 0 aliphatic rings.